The van der Waals surface area contributed by atoms with E-state index in [-0.39, 0.29) is 5.91 Å². The zero-order chi connectivity index (χ0) is 15.4. The Balaban J connectivity index is 1.60. The monoisotopic (exact) mass is 380 g/mol. The number of rotatable bonds is 4. The first kappa shape index (κ1) is 15.6. The Labute approximate surface area is 141 Å². The average molecular weight is 381 g/mol. The number of piperidine rings is 1. The van der Waals surface area contributed by atoms with Crippen LogP contribution < -0.4 is 5.32 Å². The lowest BCUT2D eigenvalue weighted by Gasteiger charge is -2.24. The van der Waals surface area contributed by atoms with Crippen molar-refractivity contribution in [3.05, 3.63) is 39.3 Å². The van der Waals surface area contributed by atoms with E-state index >= 15 is 0 Å². The van der Waals surface area contributed by atoms with E-state index in [9.17, 15) is 4.79 Å². The average Bonchev–Trinajstić information content (AvgIpc) is 2.95. The highest BCUT2D eigenvalue weighted by molar-refractivity contribution is 9.10. The topological polar surface area (TPSA) is 58.1 Å². The number of carbonyl (C=O) groups excluding carboxylic acids is 1. The van der Waals surface area contributed by atoms with Crippen LogP contribution in [-0.2, 0) is 6.54 Å². The maximum atomic E-state index is 12.2. The molecule has 1 aromatic heterocycles. The SMILES string of the molecule is O=C(Nc1nnc(CN2CCCCC2)s1)c1cccc(Br)c1. The van der Waals surface area contributed by atoms with E-state index < -0.39 is 0 Å². The summed E-state index contributed by atoms with van der Waals surface area (Å²) < 4.78 is 0.878. The molecular weight excluding hydrogens is 364 g/mol. The first-order chi connectivity index (χ1) is 10.7. The standard InChI is InChI=1S/C15H17BrN4OS/c16-12-6-4-5-11(9-12)14(21)17-15-19-18-13(22-15)10-20-7-2-1-3-8-20/h4-6,9H,1-3,7-8,10H2,(H,17,19,21). The maximum Gasteiger partial charge on any atom is 0.257 e. The minimum absolute atomic E-state index is 0.165. The molecule has 7 heteroatoms. The van der Waals surface area contributed by atoms with Gasteiger partial charge in [0.15, 0.2) is 0 Å². The zero-order valence-corrected chi connectivity index (χ0v) is 14.5. The van der Waals surface area contributed by atoms with Crippen LogP contribution in [0.3, 0.4) is 0 Å². The molecule has 1 aromatic carbocycles. The van der Waals surface area contributed by atoms with Gasteiger partial charge in [0.25, 0.3) is 5.91 Å². The normalized spacial score (nSPS) is 15.7. The number of hydrogen-bond donors (Lipinski definition) is 1. The summed E-state index contributed by atoms with van der Waals surface area (Å²) in [5, 5.41) is 12.6. The third kappa shape index (κ3) is 4.12. The van der Waals surface area contributed by atoms with Crippen molar-refractivity contribution in [1.82, 2.24) is 15.1 Å². The lowest BCUT2D eigenvalue weighted by molar-refractivity contribution is 0.102. The van der Waals surface area contributed by atoms with Crippen molar-refractivity contribution in [3.8, 4) is 0 Å². The Morgan fingerprint density at radius 2 is 2.09 bits per heavy atom. The molecule has 0 bridgehead atoms. The van der Waals surface area contributed by atoms with Gasteiger partial charge < -0.3 is 0 Å². The van der Waals surface area contributed by atoms with Crippen LogP contribution in [0.5, 0.6) is 0 Å². The minimum atomic E-state index is -0.165. The molecule has 1 saturated heterocycles. The van der Waals surface area contributed by atoms with Crippen LogP contribution in [0.2, 0.25) is 0 Å². The second-order valence-corrected chi connectivity index (χ2v) is 7.28. The fourth-order valence-electron chi connectivity index (χ4n) is 2.48. The van der Waals surface area contributed by atoms with Crippen LogP contribution in [0.25, 0.3) is 0 Å². The Morgan fingerprint density at radius 3 is 2.86 bits per heavy atom. The van der Waals surface area contributed by atoms with E-state index in [2.05, 4.69) is 36.3 Å². The summed E-state index contributed by atoms with van der Waals surface area (Å²) in [6.45, 7) is 3.07. The van der Waals surface area contributed by atoms with Crippen LogP contribution in [-0.4, -0.2) is 34.1 Å². The molecule has 0 saturated carbocycles. The van der Waals surface area contributed by atoms with Gasteiger partial charge >= 0.3 is 0 Å². The fraction of sp³-hybridized carbons (Fsp3) is 0.400. The van der Waals surface area contributed by atoms with E-state index in [1.165, 1.54) is 30.6 Å². The van der Waals surface area contributed by atoms with E-state index in [0.29, 0.717) is 10.7 Å². The summed E-state index contributed by atoms with van der Waals surface area (Å²) >= 11 is 4.81. The van der Waals surface area contributed by atoms with Gasteiger partial charge in [-0.3, -0.25) is 15.0 Å². The molecule has 22 heavy (non-hydrogen) atoms. The molecule has 0 spiro atoms. The number of amides is 1. The number of nitrogens with one attached hydrogen (secondary N) is 1. The smallest absolute Gasteiger partial charge is 0.257 e. The van der Waals surface area contributed by atoms with Crippen LogP contribution in [0, 0.1) is 0 Å². The summed E-state index contributed by atoms with van der Waals surface area (Å²) in [4.78, 5) is 14.6. The number of carbonyl (C=O) groups is 1. The zero-order valence-electron chi connectivity index (χ0n) is 12.1. The molecule has 1 amide bonds. The lowest BCUT2D eigenvalue weighted by atomic mass is 10.1. The molecule has 1 N–H and O–H groups in total. The summed E-state index contributed by atoms with van der Waals surface area (Å²) in [5.74, 6) is -0.165. The number of benzene rings is 1. The van der Waals surface area contributed by atoms with Crippen molar-refractivity contribution in [1.29, 1.82) is 0 Å². The Hall–Kier alpha value is -1.31. The second kappa shape index (κ2) is 7.30. The molecule has 0 aliphatic carbocycles. The number of hydrogen-bond acceptors (Lipinski definition) is 5. The summed E-state index contributed by atoms with van der Waals surface area (Å²) in [6.07, 6.45) is 3.83. The highest BCUT2D eigenvalue weighted by Crippen LogP contribution is 2.20. The number of aromatic nitrogens is 2. The van der Waals surface area contributed by atoms with Gasteiger partial charge in [-0.15, -0.1) is 10.2 Å². The highest BCUT2D eigenvalue weighted by Gasteiger charge is 2.14. The van der Waals surface area contributed by atoms with Gasteiger partial charge in [-0.25, -0.2) is 0 Å². The lowest BCUT2D eigenvalue weighted by Crippen LogP contribution is -2.28. The Bertz CT molecular complexity index is 654. The summed E-state index contributed by atoms with van der Waals surface area (Å²) in [6, 6.07) is 7.28. The molecule has 0 radical (unpaired) electrons. The van der Waals surface area contributed by atoms with Crippen molar-refractivity contribution < 1.29 is 4.79 Å². The van der Waals surface area contributed by atoms with Crippen molar-refractivity contribution in [2.75, 3.05) is 18.4 Å². The first-order valence-electron chi connectivity index (χ1n) is 7.32. The molecule has 0 unspecified atom stereocenters. The maximum absolute atomic E-state index is 12.2. The predicted molar refractivity (Wildman–Crippen MR) is 91.1 cm³/mol. The second-order valence-electron chi connectivity index (χ2n) is 5.30. The third-order valence-corrected chi connectivity index (χ3v) is 4.90. The number of nitrogens with zero attached hydrogens (tertiary/aromatic N) is 3. The first-order valence-corrected chi connectivity index (χ1v) is 8.93. The van der Waals surface area contributed by atoms with Crippen LogP contribution in [0.1, 0.15) is 34.6 Å². The van der Waals surface area contributed by atoms with Crippen LogP contribution >= 0.6 is 27.3 Å². The van der Waals surface area contributed by atoms with Crippen molar-refractivity contribution in [2.24, 2.45) is 0 Å². The predicted octanol–water partition coefficient (Wildman–Crippen LogP) is 3.54. The van der Waals surface area contributed by atoms with Crippen molar-refractivity contribution in [2.45, 2.75) is 25.8 Å². The molecule has 3 rings (SSSR count). The molecule has 0 atom stereocenters. The van der Waals surface area contributed by atoms with Gasteiger partial charge in [0.2, 0.25) is 5.13 Å². The number of likely N-dealkylation sites (tertiary alicyclic amines) is 1. The molecular formula is C15H17BrN4OS. The Morgan fingerprint density at radius 1 is 1.27 bits per heavy atom. The van der Waals surface area contributed by atoms with Gasteiger partial charge in [-0.2, -0.15) is 0 Å². The molecule has 1 aliphatic rings. The minimum Gasteiger partial charge on any atom is -0.297 e. The van der Waals surface area contributed by atoms with Crippen LogP contribution in [0.15, 0.2) is 28.7 Å². The highest BCUT2D eigenvalue weighted by atomic mass is 79.9. The molecule has 2 heterocycles. The van der Waals surface area contributed by atoms with Gasteiger partial charge in [0, 0.05) is 10.0 Å². The number of anilines is 1. The molecule has 1 aliphatic heterocycles. The third-order valence-electron chi connectivity index (χ3n) is 3.58. The summed E-state index contributed by atoms with van der Waals surface area (Å²) in [5.41, 5.74) is 0.599. The fourth-order valence-corrected chi connectivity index (χ4v) is 3.65. The molecule has 1 fully saturated rings. The van der Waals surface area contributed by atoms with E-state index in [4.69, 9.17) is 0 Å². The Kier molecular flexibility index (Phi) is 5.17. The molecule has 116 valence electrons. The van der Waals surface area contributed by atoms with E-state index in [0.717, 1.165) is 29.1 Å². The quantitative estimate of drug-likeness (QED) is 0.880. The van der Waals surface area contributed by atoms with E-state index in [1.807, 2.05) is 12.1 Å². The number of halogens is 1. The van der Waals surface area contributed by atoms with Gasteiger partial charge in [-0.05, 0) is 44.1 Å². The van der Waals surface area contributed by atoms with Crippen molar-refractivity contribution in [3.63, 3.8) is 0 Å². The molecule has 2 aromatic rings. The van der Waals surface area contributed by atoms with Crippen LogP contribution in [0.4, 0.5) is 5.13 Å². The van der Waals surface area contributed by atoms with Gasteiger partial charge in [0.05, 0.1) is 6.54 Å². The van der Waals surface area contributed by atoms with E-state index in [1.54, 1.807) is 12.1 Å². The van der Waals surface area contributed by atoms with Gasteiger partial charge in [-0.1, -0.05) is 39.8 Å². The largest absolute Gasteiger partial charge is 0.297 e. The summed E-state index contributed by atoms with van der Waals surface area (Å²) in [7, 11) is 0. The molecule has 5 nitrogen and oxygen atoms in total. The van der Waals surface area contributed by atoms with Gasteiger partial charge in [0.1, 0.15) is 5.01 Å². The van der Waals surface area contributed by atoms with Crippen molar-refractivity contribution >= 4 is 38.3 Å².